The number of aryl methyl sites for hydroxylation is 1. The molecule has 0 spiro atoms. The molecule has 0 aliphatic rings. The van der Waals surface area contributed by atoms with Gasteiger partial charge >= 0.3 is 6.03 Å². The second-order valence-electron chi connectivity index (χ2n) is 6.21. The van der Waals surface area contributed by atoms with Crippen LogP contribution in [0.4, 0.5) is 4.79 Å². The van der Waals surface area contributed by atoms with Crippen LogP contribution >= 0.6 is 0 Å². The van der Waals surface area contributed by atoms with E-state index < -0.39 is 0 Å². The molecule has 0 fully saturated rings. The molecule has 0 saturated carbocycles. The van der Waals surface area contributed by atoms with Crippen LogP contribution in [0.5, 0.6) is 11.5 Å². The summed E-state index contributed by atoms with van der Waals surface area (Å²) in [7, 11) is 3.23. The van der Waals surface area contributed by atoms with Gasteiger partial charge in [0.2, 0.25) is 0 Å². The Morgan fingerprint density at radius 3 is 2.35 bits per heavy atom. The summed E-state index contributed by atoms with van der Waals surface area (Å²) in [6.07, 6.45) is 1.56. The molecule has 0 unspecified atom stereocenters. The van der Waals surface area contributed by atoms with Gasteiger partial charge in [0.25, 0.3) is 0 Å². The highest BCUT2D eigenvalue weighted by molar-refractivity contribution is 5.74. The maximum absolute atomic E-state index is 12.2. The number of ether oxygens (including phenoxy) is 2. The summed E-state index contributed by atoms with van der Waals surface area (Å²) >= 11 is 0. The predicted molar refractivity (Wildman–Crippen MR) is 104 cm³/mol. The van der Waals surface area contributed by atoms with Crippen LogP contribution < -0.4 is 20.1 Å². The van der Waals surface area contributed by atoms with Crippen LogP contribution in [0.1, 0.15) is 36.1 Å². The minimum Gasteiger partial charge on any atom is -0.493 e. The molecule has 0 heterocycles. The van der Waals surface area contributed by atoms with E-state index in [0.29, 0.717) is 18.0 Å². The standard InChI is InChI=1S/C21H28N2O3/c1-5-18(17-9-6-15(2)7-10-17)23-21(24)22-13-12-16-8-11-19(25-3)20(14-16)26-4/h6-11,14,18H,5,12-13H2,1-4H3,(H2,22,23,24)/t18-/m0/s1. The van der Waals surface area contributed by atoms with E-state index in [2.05, 4.69) is 48.7 Å². The number of methoxy groups -OCH3 is 2. The number of nitrogens with one attached hydrogen (secondary N) is 2. The number of urea groups is 1. The van der Waals surface area contributed by atoms with Gasteiger partial charge < -0.3 is 20.1 Å². The molecule has 0 aromatic heterocycles. The molecule has 0 saturated heterocycles. The van der Waals surface area contributed by atoms with Gasteiger partial charge in [-0.2, -0.15) is 0 Å². The Hall–Kier alpha value is -2.69. The molecular formula is C21H28N2O3. The Labute approximate surface area is 155 Å². The van der Waals surface area contributed by atoms with Crippen molar-refractivity contribution in [3.05, 3.63) is 59.2 Å². The van der Waals surface area contributed by atoms with Crippen LogP contribution in [0.25, 0.3) is 0 Å². The summed E-state index contributed by atoms with van der Waals surface area (Å²) in [5, 5.41) is 5.96. The van der Waals surface area contributed by atoms with Gasteiger partial charge in [-0.15, -0.1) is 0 Å². The quantitative estimate of drug-likeness (QED) is 0.751. The highest BCUT2D eigenvalue weighted by Crippen LogP contribution is 2.27. The monoisotopic (exact) mass is 356 g/mol. The summed E-state index contributed by atoms with van der Waals surface area (Å²) in [6.45, 7) is 4.67. The lowest BCUT2D eigenvalue weighted by Crippen LogP contribution is -2.38. The van der Waals surface area contributed by atoms with Crippen molar-refractivity contribution >= 4 is 6.03 Å². The summed E-state index contributed by atoms with van der Waals surface area (Å²) < 4.78 is 10.5. The van der Waals surface area contributed by atoms with Crippen molar-refractivity contribution in [3.8, 4) is 11.5 Å². The molecule has 2 amide bonds. The molecule has 5 nitrogen and oxygen atoms in total. The fourth-order valence-corrected chi connectivity index (χ4v) is 2.79. The molecule has 0 aliphatic carbocycles. The summed E-state index contributed by atoms with van der Waals surface area (Å²) in [5.74, 6) is 1.39. The molecule has 1 atom stereocenters. The van der Waals surface area contributed by atoms with Gasteiger partial charge in [-0.3, -0.25) is 0 Å². The lowest BCUT2D eigenvalue weighted by Gasteiger charge is -2.18. The van der Waals surface area contributed by atoms with Gasteiger partial charge in [-0.1, -0.05) is 42.8 Å². The van der Waals surface area contributed by atoms with Crippen LogP contribution in [-0.4, -0.2) is 26.8 Å². The zero-order valence-electron chi connectivity index (χ0n) is 16.0. The number of amides is 2. The molecule has 5 heteroatoms. The number of carbonyl (C=O) groups is 1. The fourth-order valence-electron chi connectivity index (χ4n) is 2.79. The first-order valence-electron chi connectivity index (χ1n) is 8.89. The van der Waals surface area contributed by atoms with Crippen molar-refractivity contribution in [2.24, 2.45) is 0 Å². The third kappa shape index (κ3) is 5.41. The highest BCUT2D eigenvalue weighted by Gasteiger charge is 2.12. The van der Waals surface area contributed by atoms with E-state index in [9.17, 15) is 4.79 Å². The van der Waals surface area contributed by atoms with E-state index >= 15 is 0 Å². The van der Waals surface area contributed by atoms with Gasteiger partial charge in [-0.05, 0) is 43.0 Å². The summed E-state index contributed by atoms with van der Waals surface area (Å²) in [4.78, 5) is 12.2. The third-order valence-electron chi connectivity index (χ3n) is 4.34. The number of carbonyl (C=O) groups excluding carboxylic acids is 1. The molecule has 0 aliphatic heterocycles. The SMILES string of the molecule is CC[C@H](NC(=O)NCCc1ccc(OC)c(OC)c1)c1ccc(C)cc1. The predicted octanol–water partition coefficient (Wildman–Crippen LogP) is 4.01. The molecular weight excluding hydrogens is 328 g/mol. The molecule has 2 rings (SSSR count). The van der Waals surface area contributed by atoms with Crippen LogP contribution in [0, 0.1) is 6.92 Å². The van der Waals surface area contributed by atoms with E-state index in [-0.39, 0.29) is 12.1 Å². The lowest BCUT2D eigenvalue weighted by atomic mass is 10.0. The Balaban J connectivity index is 1.85. The number of rotatable bonds is 8. The Morgan fingerprint density at radius 2 is 1.73 bits per heavy atom. The Kier molecular flexibility index (Phi) is 7.33. The van der Waals surface area contributed by atoms with E-state index in [4.69, 9.17) is 9.47 Å². The van der Waals surface area contributed by atoms with Crippen LogP contribution in [0.3, 0.4) is 0 Å². The van der Waals surface area contributed by atoms with E-state index in [1.54, 1.807) is 14.2 Å². The van der Waals surface area contributed by atoms with Gasteiger partial charge in [0.1, 0.15) is 0 Å². The minimum atomic E-state index is -0.155. The summed E-state index contributed by atoms with van der Waals surface area (Å²) in [5.41, 5.74) is 3.41. The Morgan fingerprint density at radius 1 is 1.04 bits per heavy atom. The Bertz CT molecular complexity index is 714. The number of benzene rings is 2. The highest BCUT2D eigenvalue weighted by atomic mass is 16.5. The van der Waals surface area contributed by atoms with Crippen molar-refractivity contribution < 1.29 is 14.3 Å². The smallest absolute Gasteiger partial charge is 0.315 e. The number of hydrogen-bond donors (Lipinski definition) is 2. The zero-order chi connectivity index (χ0) is 18.9. The van der Waals surface area contributed by atoms with E-state index in [1.165, 1.54) is 5.56 Å². The van der Waals surface area contributed by atoms with Crippen LogP contribution in [0.2, 0.25) is 0 Å². The normalized spacial score (nSPS) is 11.5. The molecule has 26 heavy (non-hydrogen) atoms. The molecule has 2 aromatic rings. The molecule has 140 valence electrons. The lowest BCUT2D eigenvalue weighted by molar-refractivity contribution is 0.237. The first kappa shape index (κ1) is 19.6. The zero-order valence-corrected chi connectivity index (χ0v) is 16.0. The summed E-state index contributed by atoms with van der Waals surface area (Å²) in [6, 6.07) is 13.9. The molecule has 2 N–H and O–H groups in total. The fraction of sp³-hybridized carbons (Fsp3) is 0.381. The van der Waals surface area contributed by atoms with Crippen molar-refractivity contribution in [1.29, 1.82) is 0 Å². The molecule has 2 aromatic carbocycles. The van der Waals surface area contributed by atoms with Crippen molar-refractivity contribution in [2.75, 3.05) is 20.8 Å². The van der Waals surface area contributed by atoms with Crippen molar-refractivity contribution in [2.45, 2.75) is 32.7 Å². The van der Waals surface area contributed by atoms with Gasteiger partial charge in [-0.25, -0.2) is 4.79 Å². The van der Waals surface area contributed by atoms with Gasteiger partial charge in [0.05, 0.1) is 20.3 Å². The van der Waals surface area contributed by atoms with Crippen molar-refractivity contribution in [3.63, 3.8) is 0 Å². The van der Waals surface area contributed by atoms with Gasteiger partial charge in [0, 0.05) is 6.54 Å². The number of hydrogen-bond acceptors (Lipinski definition) is 3. The second kappa shape index (κ2) is 9.70. The maximum Gasteiger partial charge on any atom is 0.315 e. The van der Waals surface area contributed by atoms with E-state index in [0.717, 1.165) is 24.0 Å². The minimum absolute atomic E-state index is 0.0108. The first-order valence-corrected chi connectivity index (χ1v) is 8.89. The first-order chi connectivity index (χ1) is 12.6. The third-order valence-corrected chi connectivity index (χ3v) is 4.34. The molecule has 0 radical (unpaired) electrons. The van der Waals surface area contributed by atoms with Crippen LogP contribution in [0.15, 0.2) is 42.5 Å². The maximum atomic E-state index is 12.2. The largest absolute Gasteiger partial charge is 0.493 e. The average molecular weight is 356 g/mol. The van der Waals surface area contributed by atoms with Crippen LogP contribution in [-0.2, 0) is 6.42 Å². The second-order valence-corrected chi connectivity index (χ2v) is 6.21. The van der Waals surface area contributed by atoms with Gasteiger partial charge in [0.15, 0.2) is 11.5 Å². The van der Waals surface area contributed by atoms with E-state index in [1.807, 2.05) is 18.2 Å². The van der Waals surface area contributed by atoms with Crippen molar-refractivity contribution in [1.82, 2.24) is 10.6 Å². The topological polar surface area (TPSA) is 59.6 Å². The molecule has 0 bridgehead atoms. The average Bonchev–Trinajstić information content (AvgIpc) is 2.66.